The maximum atomic E-state index is 5.89. The van der Waals surface area contributed by atoms with Crippen LogP contribution in [-0.2, 0) is 4.74 Å². The highest BCUT2D eigenvalue weighted by molar-refractivity contribution is 7.10. The van der Waals surface area contributed by atoms with Crippen molar-refractivity contribution in [2.45, 2.75) is 44.8 Å². The van der Waals surface area contributed by atoms with Gasteiger partial charge in [-0.05, 0) is 31.3 Å². The van der Waals surface area contributed by atoms with Crippen LogP contribution in [0.15, 0.2) is 0 Å². The molecule has 17 heavy (non-hydrogen) atoms. The van der Waals surface area contributed by atoms with Crippen LogP contribution in [0.2, 0.25) is 0 Å². The van der Waals surface area contributed by atoms with Crippen LogP contribution in [0.4, 0.5) is 10.8 Å². The van der Waals surface area contributed by atoms with Gasteiger partial charge >= 0.3 is 0 Å². The van der Waals surface area contributed by atoms with Gasteiger partial charge in [0, 0.05) is 12.1 Å². The number of anilines is 2. The molecule has 0 spiro atoms. The van der Waals surface area contributed by atoms with Crippen LogP contribution < -0.4 is 10.6 Å². The van der Waals surface area contributed by atoms with E-state index in [0.717, 1.165) is 18.7 Å². The predicted octanol–water partition coefficient (Wildman–Crippen LogP) is 2.18. The van der Waals surface area contributed by atoms with Gasteiger partial charge in [-0.3, -0.25) is 0 Å². The Morgan fingerprint density at radius 2 is 2.24 bits per heavy atom. The first-order valence-electron chi connectivity index (χ1n) is 6.37. The molecule has 0 radical (unpaired) electrons. The molecule has 1 aromatic heterocycles. The minimum Gasteiger partial charge on any atom is -0.383 e. The Morgan fingerprint density at radius 1 is 1.41 bits per heavy atom. The van der Waals surface area contributed by atoms with Crippen LogP contribution in [0.1, 0.15) is 31.2 Å². The van der Waals surface area contributed by atoms with Crippen LogP contribution >= 0.6 is 11.5 Å². The van der Waals surface area contributed by atoms with Crippen molar-refractivity contribution >= 4 is 22.4 Å². The van der Waals surface area contributed by atoms with Crippen LogP contribution in [0.3, 0.4) is 0 Å². The first kappa shape index (κ1) is 11.3. The molecule has 0 bridgehead atoms. The molecule has 4 nitrogen and oxygen atoms in total. The molecule has 2 heterocycles. The van der Waals surface area contributed by atoms with E-state index in [-0.39, 0.29) is 0 Å². The number of hydrogen-bond acceptors (Lipinski definition) is 5. The fourth-order valence-electron chi connectivity index (χ4n) is 2.96. The van der Waals surface area contributed by atoms with E-state index < -0.39 is 0 Å². The highest BCUT2D eigenvalue weighted by Gasteiger charge is 2.35. The number of ether oxygens (including phenoxy) is 1. The molecule has 3 rings (SSSR count). The van der Waals surface area contributed by atoms with E-state index in [2.05, 4.69) is 16.2 Å². The SMILES string of the molecule is Cc1c(N)nsc1N1CCOC2CCCCC21. The lowest BCUT2D eigenvalue weighted by Gasteiger charge is -2.44. The van der Waals surface area contributed by atoms with Crippen molar-refractivity contribution in [2.24, 2.45) is 0 Å². The van der Waals surface area contributed by atoms with Crippen molar-refractivity contribution in [1.82, 2.24) is 4.37 Å². The highest BCUT2D eigenvalue weighted by Crippen LogP contribution is 2.37. The Balaban J connectivity index is 1.88. The van der Waals surface area contributed by atoms with E-state index in [1.807, 2.05) is 0 Å². The van der Waals surface area contributed by atoms with Gasteiger partial charge in [-0.25, -0.2) is 0 Å². The molecular formula is C12H19N3OS. The van der Waals surface area contributed by atoms with Gasteiger partial charge in [-0.1, -0.05) is 12.8 Å². The number of nitrogen functional groups attached to an aromatic ring is 1. The summed E-state index contributed by atoms with van der Waals surface area (Å²) < 4.78 is 10.2. The second-order valence-electron chi connectivity index (χ2n) is 4.95. The van der Waals surface area contributed by atoms with Crippen molar-refractivity contribution in [3.05, 3.63) is 5.56 Å². The molecular weight excluding hydrogens is 234 g/mol. The minimum absolute atomic E-state index is 0.417. The maximum absolute atomic E-state index is 5.89. The fraction of sp³-hybridized carbons (Fsp3) is 0.750. The molecule has 0 aromatic carbocycles. The van der Waals surface area contributed by atoms with Gasteiger partial charge in [0.25, 0.3) is 0 Å². The lowest BCUT2D eigenvalue weighted by atomic mass is 9.90. The molecule has 1 saturated carbocycles. The lowest BCUT2D eigenvalue weighted by molar-refractivity contribution is -0.00844. The van der Waals surface area contributed by atoms with Crippen molar-refractivity contribution in [3.63, 3.8) is 0 Å². The first-order chi connectivity index (χ1) is 8.27. The Morgan fingerprint density at radius 3 is 3.00 bits per heavy atom. The molecule has 2 fully saturated rings. The van der Waals surface area contributed by atoms with Crippen molar-refractivity contribution in [1.29, 1.82) is 0 Å². The number of fused-ring (bicyclic) bond motifs is 1. The van der Waals surface area contributed by atoms with E-state index in [0.29, 0.717) is 18.0 Å². The summed E-state index contributed by atoms with van der Waals surface area (Å²) in [4.78, 5) is 2.48. The molecule has 5 heteroatoms. The largest absolute Gasteiger partial charge is 0.383 e. The van der Waals surface area contributed by atoms with Crippen molar-refractivity contribution in [3.8, 4) is 0 Å². The van der Waals surface area contributed by atoms with Gasteiger partial charge in [0.05, 0.1) is 18.8 Å². The smallest absolute Gasteiger partial charge is 0.142 e. The number of nitrogens with zero attached hydrogens (tertiary/aromatic N) is 2. The third kappa shape index (κ3) is 1.91. The monoisotopic (exact) mass is 253 g/mol. The van der Waals surface area contributed by atoms with E-state index >= 15 is 0 Å². The molecule has 0 amide bonds. The number of morpholine rings is 1. The summed E-state index contributed by atoms with van der Waals surface area (Å²) in [5.41, 5.74) is 7.00. The molecule has 1 aliphatic heterocycles. The Hall–Kier alpha value is -0.810. The van der Waals surface area contributed by atoms with Gasteiger partial charge < -0.3 is 15.4 Å². The fourth-order valence-corrected chi connectivity index (χ4v) is 3.85. The Bertz CT molecular complexity index is 404. The van der Waals surface area contributed by atoms with Gasteiger partial charge in [-0.15, -0.1) is 0 Å². The maximum Gasteiger partial charge on any atom is 0.142 e. The zero-order chi connectivity index (χ0) is 11.8. The summed E-state index contributed by atoms with van der Waals surface area (Å²) >= 11 is 1.53. The lowest BCUT2D eigenvalue weighted by Crippen LogP contribution is -2.52. The normalized spacial score (nSPS) is 29.1. The van der Waals surface area contributed by atoms with Gasteiger partial charge in [0.2, 0.25) is 0 Å². The zero-order valence-electron chi connectivity index (χ0n) is 10.2. The highest BCUT2D eigenvalue weighted by atomic mass is 32.1. The third-order valence-electron chi connectivity index (χ3n) is 3.93. The third-order valence-corrected chi connectivity index (χ3v) is 4.93. The molecule has 1 aromatic rings. The van der Waals surface area contributed by atoms with Crippen molar-refractivity contribution < 1.29 is 4.74 Å². The van der Waals surface area contributed by atoms with Crippen LogP contribution in [0.5, 0.6) is 0 Å². The Kier molecular flexibility index (Phi) is 2.96. The first-order valence-corrected chi connectivity index (χ1v) is 7.14. The predicted molar refractivity (Wildman–Crippen MR) is 70.6 cm³/mol. The Labute approximate surface area is 106 Å². The summed E-state index contributed by atoms with van der Waals surface area (Å²) in [6, 6.07) is 0.538. The summed E-state index contributed by atoms with van der Waals surface area (Å²) in [6.07, 6.45) is 5.48. The van der Waals surface area contributed by atoms with Crippen LogP contribution in [0, 0.1) is 6.92 Å². The molecule has 2 unspecified atom stereocenters. The number of rotatable bonds is 1. The molecule has 94 valence electrons. The minimum atomic E-state index is 0.417. The van der Waals surface area contributed by atoms with E-state index in [1.165, 1.54) is 42.2 Å². The zero-order valence-corrected chi connectivity index (χ0v) is 11.0. The molecule has 2 aliphatic rings. The number of nitrogens with two attached hydrogens (primary N) is 1. The summed E-state index contributed by atoms with van der Waals surface area (Å²) in [7, 11) is 0. The average molecular weight is 253 g/mol. The van der Waals surface area contributed by atoms with Crippen molar-refractivity contribution in [2.75, 3.05) is 23.8 Å². The molecule has 2 N–H and O–H groups in total. The van der Waals surface area contributed by atoms with Gasteiger partial charge in [-0.2, -0.15) is 4.37 Å². The summed E-state index contributed by atoms with van der Waals surface area (Å²) in [5.74, 6) is 0.684. The topological polar surface area (TPSA) is 51.4 Å². The summed E-state index contributed by atoms with van der Waals surface area (Å²) in [6.45, 7) is 3.88. The van der Waals surface area contributed by atoms with E-state index in [1.54, 1.807) is 0 Å². The number of hydrogen-bond donors (Lipinski definition) is 1. The number of aromatic nitrogens is 1. The second kappa shape index (κ2) is 4.46. The average Bonchev–Trinajstić information content (AvgIpc) is 2.69. The quantitative estimate of drug-likeness (QED) is 0.833. The molecule has 2 atom stereocenters. The second-order valence-corrected chi connectivity index (χ2v) is 5.70. The van der Waals surface area contributed by atoms with Gasteiger partial charge in [0.1, 0.15) is 10.8 Å². The van der Waals surface area contributed by atoms with Crippen LogP contribution in [0.25, 0.3) is 0 Å². The molecule has 1 aliphatic carbocycles. The van der Waals surface area contributed by atoms with E-state index in [9.17, 15) is 0 Å². The molecule has 1 saturated heterocycles. The standard InChI is InChI=1S/C12H19N3OS/c1-8-11(13)14-17-12(8)15-6-7-16-10-5-3-2-4-9(10)15/h9-10H,2-7H2,1H3,(H2,13,14). The summed E-state index contributed by atoms with van der Waals surface area (Å²) in [5, 5.41) is 1.25. The van der Waals surface area contributed by atoms with E-state index in [4.69, 9.17) is 10.5 Å². The van der Waals surface area contributed by atoms with Crippen LogP contribution in [-0.4, -0.2) is 29.7 Å². The van der Waals surface area contributed by atoms with Gasteiger partial charge in [0.15, 0.2) is 0 Å².